The molecule has 1 heterocycles. The Labute approximate surface area is 176 Å². The van der Waals surface area contributed by atoms with E-state index < -0.39 is 16.1 Å². The van der Waals surface area contributed by atoms with Crippen molar-refractivity contribution in [2.24, 2.45) is 5.14 Å². The van der Waals surface area contributed by atoms with E-state index in [2.05, 4.69) is 46.6 Å². The first kappa shape index (κ1) is 21.8. The number of nitrogens with two attached hydrogens (primary N) is 1. The largest absolute Gasteiger partial charge is 0.497 e. The number of nitrogens with one attached hydrogen (secondary N) is 2. The van der Waals surface area contributed by atoms with Gasteiger partial charge in [-0.15, -0.1) is 0 Å². The first-order chi connectivity index (χ1) is 14.2. The van der Waals surface area contributed by atoms with Crippen LogP contribution in [0.1, 0.15) is 31.0 Å². The van der Waals surface area contributed by atoms with Gasteiger partial charge in [0.15, 0.2) is 0 Å². The van der Waals surface area contributed by atoms with Gasteiger partial charge in [-0.1, -0.05) is 24.3 Å². The number of methoxy groups -OCH3 is 1. The third-order valence-corrected chi connectivity index (χ3v) is 5.73. The number of fused-ring (bicyclic) bond motifs is 1. The second-order valence-electron chi connectivity index (χ2n) is 7.38. The summed E-state index contributed by atoms with van der Waals surface area (Å²) < 4.78 is 28.1. The monoisotopic (exact) mass is 429 g/mol. The van der Waals surface area contributed by atoms with Crippen LogP contribution in [0.15, 0.2) is 42.5 Å². The third-order valence-electron chi connectivity index (χ3n) is 4.77. The van der Waals surface area contributed by atoms with Crippen LogP contribution in [0.25, 0.3) is 10.9 Å². The Morgan fingerprint density at radius 3 is 2.50 bits per heavy atom. The lowest BCUT2D eigenvalue weighted by Crippen LogP contribution is -2.30. The third kappa shape index (κ3) is 5.37. The zero-order valence-corrected chi connectivity index (χ0v) is 18.3. The molecule has 160 valence electrons. The molecule has 0 unspecified atom stereocenters. The SMILES string of the molecule is COc1ccc2c(N[C@H](C)c3ccccc3C)nc(N[C@@H](C)CS(N)(=O)=O)nc2c1. The number of ether oxygens (including phenoxy) is 1. The van der Waals surface area contributed by atoms with E-state index in [1.807, 2.05) is 30.3 Å². The Balaban J connectivity index is 1.99. The summed E-state index contributed by atoms with van der Waals surface area (Å²) in [5.41, 5.74) is 3.02. The van der Waals surface area contributed by atoms with E-state index in [1.54, 1.807) is 14.0 Å². The first-order valence-electron chi connectivity index (χ1n) is 9.61. The van der Waals surface area contributed by atoms with Crippen LogP contribution in [-0.4, -0.2) is 37.3 Å². The minimum absolute atomic E-state index is 0.00101. The van der Waals surface area contributed by atoms with E-state index in [-0.39, 0.29) is 11.8 Å². The molecule has 9 heteroatoms. The van der Waals surface area contributed by atoms with Crippen LogP contribution in [0.2, 0.25) is 0 Å². The molecule has 0 saturated heterocycles. The average molecular weight is 430 g/mol. The van der Waals surface area contributed by atoms with E-state index in [0.29, 0.717) is 23.0 Å². The average Bonchev–Trinajstić information content (AvgIpc) is 2.66. The minimum Gasteiger partial charge on any atom is -0.497 e. The van der Waals surface area contributed by atoms with Crippen LogP contribution >= 0.6 is 0 Å². The Morgan fingerprint density at radius 2 is 1.83 bits per heavy atom. The van der Waals surface area contributed by atoms with Gasteiger partial charge in [-0.3, -0.25) is 0 Å². The van der Waals surface area contributed by atoms with Crippen molar-refractivity contribution in [3.63, 3.8) is 0 Å². The molecule has 1 aromatic heterocycles. The van der Waals surface area contributed by atoms with Gasteiger partial charge in [-0.2, -0.15) is 4.98 Å². The maximum atomic E-state index is 11.4. The smallest absolute Gasteiger partial charge is 0.225 e. The molecule has 2 atom stereocenters. The predicted octanol–water partition coefficient (Wildman–Crippen LogP) is 3.21. The van der Waals surface area contributed by atoms with Crippen molar-refractivity contribution in [2.45, 2.75) is 32.9 Å². The van der Waals surface area contributed by atoms with Gasteiger partial charge in [-0.05, 0) is 44.0 Å². The van der Waals surface area contributed by atoms with Gasteiger partial charge in [0.05, 0.1) is 24.4 Å². The molecule has 30 heavy (non-hydrogen) atoms. The number of sulfonamides is 1. The van der Waals surface area contributed by atoms with E-state index in [4.69, 9.17) is 9.88 Å². The van der Waals surface area contributed by atoms with Gasteiger partial charge < -0.3 is 15.4 Å². The van der Waals surface area contributed by atoms with E-state index in [9.17, 15) is 8.42 Å². The van der Waals surface area contributed by atoms with Crippen LogP contribution in [0.5, 0.6) is 5.75 Å². The van der Waals surface area contributed by atoms with Gasteiger partial charge in [0.2, 0.25) is 16.0 Å². The zero-order chi connectivity index (χ0) is 21.9. The van der Waals surface area contributed by atoms with Gasteiger partial charge in [0, 0.05) is 17.5 Å². The molecular formula is C21H27N5O3S. The number of aromatic nitrogens is 2. The topological polar surface area (TPSA) is 119 Å². The number of hydrogen-bond donors (Lipinski definition) is 3. The van der Waals surface area contributed by atoms with Crippen LogP contribution < -0.4 is 20.5 Å². The highest BCUT2D eigenvalue weighted by Gasteiger charge is 2.16. The molecule has 0 aliphatic heterocycles. The fraction of sp³-hybridized carbons (Fsp3) is 0.333. The fourth-order valence-electron chi connectivity index (χ4n) is 3.38. The quantitative estimate of drug-likeness (QED) is 0.503. The number of benzene rings is 2. The lowest BCUT2D eigenvalue weighted by molar-refractivity contribution is 0.415. The van der Waals surface area contributed by atoms with Crippen LogP contribution in [0.4, 0.5) is 11.8 Å². The van der Waals surface area contributed by atoms with Crippen molar-refractivity contribution < 1.29 is 13.2 Å². The minimum atomic E-state index is -3.62. The highest BCUT2D eigenvalue weighted by atomic mass is 32.2. The van der Waals surface area contributed by atoms with E-state index in [1.165, 1.54) is 5.56 Å². The molecule has 3 aromatic rings. The number of primary sulfonamides is 1. The molecule has 0 aliphatic rings. The predicted molar refractivity (Wildman–Crippen MR) is 120 cm³/mol. The summed E-state index contributed by atoms with van der Waals surface area (Å²) in [5.74, 6) is 1.40. The molecule has 0 saturated carbocycles. The molecule has 2 aromatic carbocycles. The van der Waals surface area contributed by atoms with Gasteiger partial charge in [0.25, 0.3) is 0 Å². The molecule has 0 aliphatic carbocycles. The van der Waals surface area contributed by atoms with Crippen molar-refractivity contribution in [1.29, 1.82) is 0 Å². The van der Waals surface area contributed by atoms with Crippen LogP contribution in [0, 0.1) is 6.92 Å². The summed E-state index contributed by atoms with van der Waals surface area (Å²) in [6, 6.07) is 13.3. The molecule has 0 fully saturated rings. The van der Waals surface area contributed by atoms with E-state index in [0.717, 1.165) is 10.9 Å². The molecular weight excluding hydrogens is 402 g/mol. The van der Waals surface area contributed by atoms with Gasteiger partial charge in [-0.25, -0.2) is 18.5 Å². The summed E-state index contributed by atoms with van der Waals surface area (Å²) in [6.07, 6.45) is 0. The molecule has 0 spiro atoms. The highest BCUT2D eigenvalue weighted by molar-refractivity contribution is 7.89. The van der Waals surface area contributed by atoms with Crippen molar-refractivity contribution in [1.82, 2.24) is 9.97 Å². The Bertz CT molecular complexity index is 1150. The van der Waals surface area contributed by atoms with Crippen molar-refractivity contribution >= 4 is 32.7 Å². The Hall–Kier alpha value is -2.91. The fourth-order valence-corrected chi connectivity index (χ4v) is 4.16. The summed E-state index contributed by atoms with van der Waals surface area (Å²) in [4.78, 5) is 9.15. The van der Waals surface area contributed by atoms with Crippen LogP contribution in [-0.2, 0) is 10.0 Å². The van der Waals surface area contributed by atoms with Crippen molar-refractivity contribution in [3.8, 4) is 5.75 Å². The van der Waals surface area contributed by atoms with Crippen molar-refractivity contribution in [3.05, 3.63) is 53.6 Å². The highest BCUT2D eigenvalue weighted by Crippen LogP contribution is 2.29. The molecule has 0 bridgehead atoms. The lowest BCUT2D eigenvalue weighted by atomic mass is 10.0. The molecule has 8 nitrogen and oxygen atoms in total. The number of rotatable bonds is 8. The maximum absolute atomic E-state index is 11.4. The second kappa shape index (κ2) is 8.85. The lowest BCUT2D eigenvalue weighted by Gasteiger charge is -2.20. The summed E-state index contributed by atoms with van der Waals surface area (Å²) in [5, 5.41) is 12.5. The summed E-state index contributed by atoms with van der Waals surface area (Å²) in [7, 11) is -2.03. The number of aryl methyl sites for hydroxylation is 1. The Kier molecular flexibility index (Phi) is 6.42. The van der Waals surface area contributed by atoms with Crippen molar-refractivity contribution in [2.75, 3.05) is 23.5 Å². The normalized spacial score (nSPS) is 13.6. The Morgan fingerprint density at radius 1 is 1.10 bits per heavy atom. The maximum Gasteiger partial charge on any atom is 0.225 e. The van der Waals surface area contributed by atoms with Gasteiger partial charge in [0.1, 0.15) is 11.6 Å². The number of hydrogen-bond acceptors (Lipinski definition) is 7. The summed E-state index contributed by atoms with van der Waals surface area (Å²) >= 11 is 0. The number of anilines is 2. The molecule has 0 radical (unpaired) electrons. The summed E-state index contributed by atoms with van der Waals surface area (Å²) in [6.45, 7) is 5.85. The second-order valence-corrected chi connectivity index (χ2v) is 9.04. The molecule has 3 rings (SSSR count). The van der Waals surface area contributed by atoms with Crippen LogP contribution in [0.3, 0.4) is 0 Å². The van der Waals surface area contributed by atoms with Gasteiger partial charge >= 0.3 is 0 Å². The zero-order valence-electron chi connectivity index (χ0n) is 17.5. The first-order valence-corrected chi connectivity index (χ1v) is 11.3. The number of nitrogens with zero attached hydrogens (tertiary/aromatic N) is 2. The van der Waals surface area contributed by atoms with E-state index >= 15 is 0 Å². The standard InChI is InChI=1S/C21H27N5O3S/c1-13-7-5-6-8-17(13)15(3)24-20-18-10-9-16(29-4)11-19(18)25-21(26-20)23-14(2)12-30(22,27)28/h5-11,14-15H,12H2,1-4H3,(H2,22,27,28)(H2,23,24,25,26)/t14-,15+/m0/s1. The molecule has 4 N–H and O–H groups in total. The molecule has 0 amide bonds.